The lowest BCUT2D eigenvalue weighted by molar-refractivity contribution is -0.143. The zero-order valence-corrected chi connectivity index (χ0v) is 19.2. The van der Waals surface area contributed by atoms with Crippen molar-refractivity contribution in [2.24, 2.45) is 0 Å². The van der Waals surface area contributed by atoms with Crippen LogP contribution in [0.2, 0.25) is 0 Å². The van der Waals surface area contributed by atoms with Crippen molar-refractivity contribution in [2.75, 3.05) is 13.7 Å². The zero-order chi connectivity index (χ0) is 22.8. The summed E-state index contributed by atoms with van der Waals surface area (Å²) < 4.78 is 10.8. The van der Waals surface area contributed by atoms with Gasteiger partial charge in [-0.25, -0.2) is 0 Å². The number of hydrogen-bond donors (Lipinski definition) is 1. The minimum absolute atomic E-state index is 0.0495. The van der Waals surface area contributed by atoms with Gasteiger partial charge < -0.3 is 19.7 Å². The van der Waals surface area contributed by atoms with Gasteiger partial charge in [0.1, 0.15) is 17.5 Å². The molecule has 0 heterocycles. The molecule has 0 bridgehead atoms. The minimum atomic E-state index is -0.567. The van der Waals surface area contributed by atoms with Crippen LogP contribution in [0.3, 0.4) is 0 Å². The van der Waals surface area contributed by atoms with Crippen molar-refractivity contribution in [3.8, 4) is 11.5 Å². The van der Waals surface area contributed by atoms with Crippen LogP contribution >= 0.6 is 0 Å². The highest BCUT2D eigenvalue weighted by Crippen LogP contribution is 2.18. The molecule has 1 N–H and O–H groups in total. The highest BCUT2D eigenvalue weighted by molar-refractivity contribution is 5.88. The van der Waals surface area contributed by atoms with Gasteiger partial charge in [0.25, 0.3) is 5.91 Å². The Labute approximate surface area is 185 Å². The lowest BCUT2D eigenvalue weighted by atomic mass is 10.1. The van der Waals surface area contributed by atoms with E-state index in [0.29, 0.717) is 24.5 Å². The first-order valence-corrected chi connectivity index (χ1v) is 10.8. The fourth-order valence-electron chi connectivity index (χ4n) is 3.15. The van der Waals surface area contributed by atoms with E-state index < -0.39 is 6.04 Å². The molecule has 0 saturated carbocycles. The molecule has 0 spiro atoms. The quantitative estimate of drug-likeness (QED) is 0.587. The Balaban J connectivity index is 2.18. The molecule has 2 aromatic carbocycles. The highest BCUT2D eigenvalue weighted by atomic mass is 16.5. The Bertz CT molecular complexity index is 834. The van der Waals surface area contributed by atoms with Crippen LogP contribution in [-0.2, 0) is 16.1 Å². The Kier molecular flexibility index (Phi) is 9.38. The van der Waals surface area contributed by atoms with E-state index in [1.54, 1.807) is 36.3 Å². The molecule has 0 saturated heterocycles. The molecule has 0 fully saturated rings. The van der Waals surface area contributed by atoms with Crippen LogP contribution in [0.15, 0.2) is 48.5 Å². The van der Waals surface area contributed by atoms with Crippen molar-refractivity contribution in [3.05, 3.63) is 59.7 Å². The van der Waals surface area contributed by atoms with Crippen LogP contribution in [0.5, 0.6) is 11.5 Å². The molecule has 2 atom stereocenters. The van der Waals surface area contributed by atoms with E-state index >= 15 is 0 Å². The number of hydrogen-bond acceptors (Lipinski definition) is 4. The summed E-state index contributed by atoms with van der Waals surface area (Å²) in [6.07, 6.45) is 1.34. The van der Waals surface area contributed by atoms with Gasteiger partial charge in [-0.2, -0.15) is 0 Å². The van der Waals surface area contributed by atoms with Gasteiger partial charge in [0, 0.05) is 12.6 Å². The number of amides is 2. The number of aryl methyl sites for hydroxylation is 1. The maximum absolute atomic E-state index is 13.2. The van der Waals surface area contributed by atoms with Gasteiger partial charge in [-0.15, -0.1) is 0 Å². The van der Waals surface area contributed by atoms with Gasteiger partial charge in [-0.1, -0.05) is 43.7 Å². The molecule has 6 nitrogen and oxygen atoms in total. The predicted octanol–water partition coefficient (Wildman–Crippen LogP) is 4.10. The van der Waals surface area contributed by atoms with E-state index in [0.717, 1.165) is 17.5 Å². The maximum atomic E-state index is 13.2. The van der Waals surface area contributed by atoms with Crippen molar-refractivity contribution in [1.29, 1.82) is 0 Å². The summed E-state index contributed by atoms with van der Waals surface area (Å²) in [6.45, 7) is 8.11. The van der Waals surface area contributed by atoms with E-state index in [-0.39, 0.29) is 24.5 Å². The largest absolute Gasteiger partial charge is 0.497 e. The lowest BCUT2D eigenvalue weighted by Gasteiger charge is -2.31. The Morgan fingerprint density at radius 3 is 2.13 bits per heavy atom. The first-order chi connectivity index (χ1) is 14.9. The van der Waals surface area contributed by atoms with Crippen LogP contribution in [0.4, 0.5) is 0 Å². The number of rotatable bonds is 11. The second-order valence-electron chi connectivity index (χ2n) is 7.71. The van der Waals surface area contributed by atoms with E-state index in [1.165, 1.54) is 0 Å². The molecule has 0 aliphatic carbocycles. The van der Waals surface area contributed by atoms with Crippen LogP contribution < -0.4 is 14.8 Å². The molecular formula is C25H34N2O4. The van der Waals surface area contributed by atoms with Crippen molar-refractivity contribution < 1.29 is 19.1 Å². The Morgan fingerprint density at radius 1 is 0.968 bits per heavy atom. The van der Waals surface area contributed by atoms with Gasteiger partial charge in [-0.3, -0.25) is 9.59 Å². The first-order valence-electron chi connectivity index (χ1n) is 10.8. The number of methoxy groups -OCH3 is 1. The Hall–Kier alpha value is -3.02. The molecule has 0 radical (unpaired) electrons. The normalized spacial score (nSPS) is 12.5. The average Bonchev–Trinajstić information content (AvgIpc) is 2.78. The summed E-state index contributed by atoms with van der Waals surface area (Å²) in [5.41, 5.74) is 2.12. The van der Waals surface area contributed by atoms with Gasteiger partial charge >= 0.3 is 0 Å². The second kappa shape index (κ2) is 12.0. The maximum Gasteiger partial charge on any atom is 0.261 e. The molecule has 2 amide bonds. The number of benzene rings is 2. The van der Waals surface area contributed by atoms with Crippen molar-refractivity contribution >= 4 is 11.8 Å². The van der Waals surface area contributed by atoms with Gasteiger partial charge in [-0.05, 0) is 56.5 Å². The molecule has 31 heavy (non-hydrogen) atoms. The van der Waals surface area contributed by atoms with Crippen LogP contribution in [0.25, 0.3) is 0 Å². The third-order valence-electron chi connectivity index (χ3n) is 5.28. The number of carbonyl (C=O) groups excluding carboxylic acids is 2. The number of nitrogens with zero attached hydrogens (tertiary/aromatic N) is 1. The zero-order valence-electron chi connectivity index (χ0n) is 19.2. The van der Waals surface area contributed by atoms with E-state index in [9.17, 15) is 9.59 Å². The number of carbonyl (C=O) groups is 2. The standard InChI is InChI=1S/C25H34N2O4/c1-6-19(4)26-25(29)23(7-2)27(16-20-10-8-18(3)9-11-20)24(28)17-31-22-14-12-21(30-5)13-15-22/h8-15,19,23H,6-7,16-17H2,1-5H3,(H,26,29). The first kappa shape index (κ1) is 24.3. The molecule has 2 unspecified atom stereocenters. The topological polar surface area (TPSA) is 67.9 Å². The van der Waals surface area contributed by atoms with E-state index in [2.05, 4.69) is 5.32 Å². The summed E-state index contributed by atoms with van der Waals surface area (Å²) in [7, 11) is 1.59. The fourth-order valence-corrected chi connectivity index (χ4v) is 3.15. The van der Waals surface area contributed by atoms with Crippen molar-refractivity contribution in [1.82, 2.24) is 10.2 Å². The third kappa shape index (κ3) is 7.31. The summed E-state index contributed by atoms with van der Waals surface area (Å²) in [6, 6.07) is 14.5. The minimum Gasteiger partial charge on any atom is -0.497 e. The molecule has 2 aromatic rings. The van der Waals surface area contributed by atoms with Gasteiger partial charge in [0.2, 0.25) is 5.91 Å². The monoisotopic (exact) mass is 426 g/mol. The van der Waals surface area contributed by atoms with E-state index in [4.69, 9.17) is 9.47 Å². The summed E-state index contributed by atoms with van der Waals surface area (Å²) in [5, 5.41) is 3.01. The summed E-state index contributed by atoms with van der Waals surface area (Å²) in [5.74, 6) is 0.915. The molecular weight excluding hydrogens is 392 g/mol. The van der Waals surface area contributed by atoms with Crippen LogP contribution in [0, 0.1) is 6.92 Å². The van der Waals surface area contributed by atoms with Crippen LogP contribution in [-0.4, -0.2) is 42.5 Å². The fraction of sp³-hybridized carbons (Fsp3) is 0.440. The van der Waals surface area contributed by atoms with Gasteiger partial charge in [0.15, 0.2) is 6.61 Å². The molecule has 0 aromatic heterocycles. The summed E-state index contributed by atoms with van der Waals surface area (Å²) >= 11 is 0. The third-order valence-corrected chi connectivity index (χ3v) is 5.28. The molecule has 0 aliphatic heterocycles. The molecule has 168 valence electrons. The van der Waals surface area contributed by atoms with Crippen molar-refractivity contribution in [3.63, 3.8) is 0 Å². The lowest BCUT2D eigenvalue weighted by Crippen LogP contribution is -2.51. The van der Waals surface area contributed by atoms with Crippen LogP contribution in [0.1, 0.15) is 44.7 Å². The smallest absolute Gasteiger partial charge is 0.261 e. The van der Waals surface area contributed by atoms with Gasteiger partial charge in [0.05, 0.1) is 7.11 Å². The molecule has 0 aliphatic rings. The predicted molar refractivity (Wildman–Crippen MR) is 122 cm³/mol. The SMILES string of the molecule is CCC(C)NC(=O)C(CC)N(Cc1ccc(C)cc1)C(=O)COc1ccc(OC)cc1. The number of nitrogens with one attached hydrogen (secondary N) is 1. The average molecular weight is 427 g/mol. The molecule has 2 rings (SSSR count). The number of ether oxygens (including phenoxy) is 2. The summed E-state index contributed by atoms with van der Waals surface area (Å²) in [4.78, 5) is 27.7. The Morgan fingerprint density at radius 2 is 1.58 bits per heavy atom. The molecule has 6 heteroatoms. The van der Waals surface area contributed by atoms with E-state index in [1.807, 2.05) is 52.0 Å². The second-order valence-corrected chi connectivity index (χ2v) is 7.71. The highest BCUT2D eigenvalue weighted by Gasteiger charge is 2.29. The van der Waals surface area contributed by atoms with Crippen molar-refractivity contribution in [2.45, 2.75) is 59.2 Å².